The van der Waals surface area contributed by atoms with Crippen LogP contribution in [-0.2, 0) is 9.59 Å². The number of carboxylic acid groups (broad SMARTS) is 1. The van der Waals surface area contributed by atoms with E-state index in [1.54, 1.807) is 0 Å². The molecule has 1 amide bonds. The van der Waals surface area contributed by atoms with Crippen molar-refractivity contribution in [2.75, 3.05) is 0 Å². The standard InChI is InChI=1S/C10H9NO4/c11-10(15)8(5-9(13)14)6-1-3-7(12)4-2-6/h1-5,12H,(H2,11,15)(H,13,14)/b8-5+. The van der Waals surface area contributed by atoms with Crippen LogP contribution in [0.25, 0.3) is 5.57 Å². The number of hydrogen-bond donors (Lipinski definition) is 3. The minimum absolute atomic E-state index is 0.0258. The van der Waals surface area contributed by atoms with Gasteiger partial charge < -0.3 is 15.9 Å². The van der Waals surface area contributed by atoms with E-state index < -0.39 is 11.9 Å². The van der Waals surface area contributed by atoms with Gasteiger partial charge in [0.1, 0.15) is 5.75 Å². The van der Waals surface area contributed by atoms with E-state index in [4.69, 9.17) is 15.9 Å². The number of carboxylic acids is 1. The van der Waals surface area contributed by atoms with Gasteiger partial charge in [0.25, 0.3) is 0 Å². The molecule has 1 aromatic rings. The number of aromatic hydroxyl groups is 1. The molecule has 0 aliphatic heterocycles. The number of rotatable bonds is 3. The lowest BCUT2D eigenvalue weighted by Crippen LogP contribution is -2.14. The maximum Gasteiger partial charge on any atom is 0.329 e. The molecule has 0 radical (unpaired) electrons. The third kappa shape index (κ3) is 2.84. The first kappa shape index (κ1) is 10.8. The highest BCUT2D eigenvalue weighted by Gasteiger charge is 2.09. The zero-order chi connectivity index (χ0) is 11.4. The van der Waals surface area contributed by atoms with Crippen LogP contribution < -0.4 is 5.73 Å². The van der Waals surface area contributed by atoms with Crippen molar-refractivity contribution in [3.63, 3.8) is 0 Å². The quantitative estimate of drug-likeness (QED) is 0.622. The van der Waals surface area contributed by atoms with E-state index in [-0.39, 0.29) is 11.3 Å². The first-order valence-electron chi connectivity index (χ1n) is 4.04. The van der Waals surface area contributed by atoms with Gasteiger partial charge in [0.2, 0.25) is 5.91 Å². The van der Waals surface area contributed by atoms with Crippen LogP contribution in [0.4, 0.5) is 0 Å². The zero-order valence-electron chi connectivity index (χ0n) is 7.68. The summed E-state index contributed by atoms with van der Waals surface area (Å²) in [6.07, 6.45) is 0.731. The van der Waals surface area contributed by atoms with Crippen LogP contribution in [-0.4, -0.2) is 22.1 Å². The fraction of sp³-hybridized carbons (Fsp3) is 0. The van der Waals surface area contributed by atoms with E-state index in [0.717, 1.165) is 6.08 Å². The molecule has 15 heavy (non-hydrogen) atoms. The molecule has 0 saturated carbocycles. The number of nitrogens with two attached hydrogens (primary N) is 1. The Balaban J connectivity index is 3.16. The number of hydrogen-bond acceptors (Lipinski definition) is 3. The Morgan fingerprint density at radius 3 is 2.13 bits per heavy atom. The number of phenols is 1. The maximum atomic E-state index is 10.9. The average Bonchev–Trinajstić information content (AvgIpc) is 2.15. The predicted molar refractivity (Wildman–Crippen MR) is 52.9 cm³/mol. The lowest BCUT2D eigenvalue weighted by molar-refractivity contribution is -0.131. The van der Waals surface area contributed by atoms with Gasteiger partial charge in [-0.15, -0.1) is 0 Å². The topological polar surface area (TPSA) is 101 Å². The van der Waals surface area contributed by atoms with Crippen molar-refractivity contribution >= 4 is 17.4 Å². The van der Waals surface area contributed by atoms with Crippen molar-refractivity contribution in [3.05, 3.63) is 35.9 Å². The summed E-state index contributed by atoms with van der Waals surface area (Å²) in [6, 6.07) is 5.51. The van der Waals surface area contributed by atoms with Gasteiger partial charge in [0.15, 0.2) is 0 Å². The summed E-state index contributed by atoms with van der Waals surface area (Å²) in [5, 5.41) is 17.5. The third-order valence-electron chi connectivity index (χ3n) is 1.71. The lowest BCUT2D eigenvalue weighted by Gasteiger charge is -2.02. The van der Waals surface area contributed by atoms with Crippen LogP contribution in [0.1, 0.15) is 5.56 Å². The second-order valence-electron chi connectivity index (χ2n) is 2.81. The smallest absolute Gasteiger partial charge is 0.329 e. The summed E-state index contributed by atoms with van der Waals surface area (Å²) >= 11 is 0. The molecule has 0 aromatic heterocycles. The molecule has 0 atom stereocenters. The van der Waals surface area contributed by atoms with Crippen molar-refractivity contribution in [2.45, 2.75) is 0 Å². The predicted octanol–water partition coefficient (Wildman–Crippen LogP) is 0.345. The molecule has 0 aliphatic rings. The van der Waals surface area contributed by atoms with Gasteiger partial charge in [0, 0.05) is 6.08 Å². The van der Waals surface area contributed by atoms with Crippen molar-refractivity contribution in [2.24, 2.45) is 5.73 Å². The Morgan fingerprint density at radius 2 is 1.73 bits per heavy atom. The van der Waals surface area contributed by atoms with Gasteiger partial charge in [-0.1, -0.05) is 12.1 Å². The van der Waals surface area contributed by atoms with Crippen molar-refractivity contribution < 1.29 is 19.8 Å². The summed E-state index contributed by atoms with van der Waals surface area (Å²) in [5.74, 6) is -2.06. The normalized spacial score (nSPS) is 11.1. The van der Waals surface area contributed by atoms with Crippen molar-refractivity contribution in [1.82, 2.24) is 0 Å². The molecule has 0 fully saturated rings. The Labute approximate surface area is 85.5 Å². The third-order valence-corrected chi connectivity index (χ3v) is 1.71. The van der Waals surface area contributed by atoms with Gasteiger partial charge in [0.05, 0.1) is 5.57 Å². The van der Waals surface area contributed by atoms with Crippen LogP contribution in [0.2, 0.25) is 0 Å². The molecule has 0 aliphatic carbocycles. The van der Waals surface area contributed by atoms with Gasteiger partial charge in [-0.2, -0.15) is 0 Å². The van der Waals surface area contributed by atoms with E-state index in [1.165, 1.54) is 24.3 Å². The van der Waals surface area contributed by atoms with Crippen LogP contribution >= 0.6 is 0 Å². The molecule has 1 aromatic carbocycles. The largest absolute Gasteiger partial charge is 0.508 e. The summed E-state index contributed by atoms with van der Waals surface area (Å²) < 4.78 is 0. The average molecular weight is 207 g/mol. The first-order valence-corrected chi connectivity index (χ1v) is 4.04. The number of carbonyl (C=O) groups excluding carboxylic acids is 1. The number of amides is 1. The maximum absolute atomic E-state index is 10.9. The fourth-order valence-electron chi connectivity index (χ4n) is 1.06. The SMILES string of the molecule is NC(=O)/C(=C/C(=O)O)c1ccc(O)cc1. The minimum Gasteiger partial charge on any atom is -0.508 e. The van der Waals surface area contributed by atoms with Crippen LogP contribution in [0, 0.1) is 0 Å². The molecule has 5 heteroatoms. The zero-order valence-corrected chi connectivity index (χ0v) is 7.68. The van der Waals surface area contributed by atoms with E-state index in [0.29, 0.717) is 5.56 Å². The van der Waals surface area contributed by atoms with Crippen molar-refractivity contribution in [1.29, 1.82) is 0 Å². The van der Waals surface area contributed by atoms with E-state index in [2.05, 4.69) is 0 Å². The summed E-state index contributed by atoms with van der Waals surface area (Å²) in [4.78, 5) is 21.4. The highest BCUT2D eigenvalue weighted by Crippen LogP contribution is 2.17. The number of carbonyl (C=O) groups is 2. The highest BCUT2D eigenvalue weighted by molar-refractivity contribution is 6.22. The van der Waals surface area contributed by atoms with Crippen LogP contribution in [0.5, 0.6) is 5.75 Å². The summed E-state index contributed by atoms with van der Waals surface area (Å²) in [6.45, 7) is 0. The Morgan fingerprint density at radius 1 is 1.20 bits per heavy atom. The first-order chi connectivity index (χ1) is 7.00. The molecule has 0 bridgehead atoms. The molecule has 0 saturated heterocycles. The molecule has 0 unspecified atom stereocenters. The molecule has 5 nitrogen and oxygen atoms in total. The van der Waals surface area contributed by atoms with Gasteiger partial charge in [-0.05, 0) is 17.7 Å². The molecular weight excluding hydrogens is 198 g/mol. The van der Waals surface area contributed by atoms with E-state index in [9.17, 15) is 9.59 Å². The van der Waals surface area contributed by atoms with Gasteiger partial charge in [-0.25, -0.2) is 4.79 Å². The number of phenolic OH excluding ortho intramolecular Hbond substituents is 1. The van der Waals surface area contributed by atoms with Crippen LogP contribution in [0.15, 0.2) is 30.3 Å². The monoisotopic (exact) mass is 207 g/mol. The fourth-order valence-corrected chi connectivity index (χ4v) is 1.06. The molecule has 1 rings (SSSR count). The molecule has 4 N–H and O–H groups in total. The summed E-state index contributed by atoms with van der Waals surface area (Å²) in [5.41, 5.74) is 5.26. The van der Waals surface area contributed by atoms with Crippen molar-refractivity contribution in [3.8, 4) is 5.75 Å². The Hall–Kier alpha value is -2.30. The molecule has 78 valence electrons. The molecule has 0 heterocycles. The second-order valence-corrected chi connectivity index (χ2v) is 2.81. The number of primary amides is 1. The van der Waals surface area contributed by atoms with E-state index >= 15 is 0 Å². The number of aliphatic carboxylic acids is 1. The van der Waals surface area contributed by atoms with Gasteiger partial charge >= 0.3 is 5.97 Å². The van der Waals surface area contributed by atoms with Crippen LogP contribution in [0.3, 0.4) is 0 Å². The van der Waals surface area contributed by atoms with E-state index in [1.807, 2.05) is 0 Å². The Kier molecular flexibility index (Phi) is 3.07. The number of benzene rings is 1. The highest BCUT2D eigenvalue weighted by atomic mass is 16.4. The van der Waals surface area contributed by atoms with Gasteiger partial charge in [-0.3, -0.25) is 4.79 Å². The second kappa shape index (κ2) is 4.28. The Bertz CT molecular complexity index is 420. The lowest BCUT2D eigenvalue weighted by atomic mass is 10.1. The summed E-state index contributed by atoms with van der Waals surface area (Å²) in [7, 11) is 0. The minimum atomic E-state index is -1.25. The molecular formula is C10H9NO4. The molecule has 0 spiro atoms.